The number of hydrogen-bond donors (Lipinski definition) is 4. The molecule has 0 bridgehead atoms. The number of benzene rings is 1. The van der Waals surface area contributed by atoms with Gasteiger partial charge in [0.15, 0.2) is 6.23 Å². The highest BCUT2D eigenvalue weighted by Gasteiger charge is 2.48. The van der Waals surface area contributed by atoms with Crippen molar-refractivity contribution in [3.05, 3.63) is 57.4 Å². The Kier molecular flexibility index (Phi) is 9.61. The Hall–Kier alpha value is -2.36. The van der Waals surface area contributed by atoms with Crippen LogP contribution in [-0.2, 0) is 9.57 Å². The van der Waals surface area contributed by atoms with Gasteiger partial charge in [-0.1, -0.05) is 81.9 Å². The smallest absolute Gasteiger partial charge is 0.205 e. The van der Waals surface area contributed by atoms with E-state index < -0.39 is 38.7 Å². The van der Waals surface area contributed by atoms with Crippen molar-refractivity contribution >= 4 is 42.3 Å². The van der Waals surface area contributed by atoms with Gasteiger partial charge in [-0.2, -0.15) is 0 Å². The van der Waals surface area contributed by atoms with Gasteiger partial charge in [-0.3, -0.25) is 0 Å². The summed E-state index contributed by atoms with van der Waals surface area (Å²) in [6.07, 6.45) is -3.02. The molecule has 12 heteroatoms. The number of hydrogen-bond acceptors (Lipinski definition) is 7. The summed E-state index contributed by atoms with van der Waals surface area (Å²) in [5.74, 6) is 3.45. The molecule has 1 saturated heterocycles. The fourth-order valence-corrected chi connectivity index (χ4v) is 11.8. The average molecular weight is 622 g/mol. The number of H-pyrrole nitrogens is 1. The van der Waals surface area contributed by atoms with E-state index in [1.54, 1.807) is 22.9 Å². The number of aromatic amines is 1. The van der Waals surface area contributed by atoms with Gasteiger partial charge in [-0.05, 0) is 34.3 Å². The number of aromatic nitrogens is 3. The Morgan fingerprint density at radius 2 is 1.73 bits per heavy atom. The first-order valence-electron chi connectivity index (χ1n) is 13.7. The third kappa shape index (κ3) is 5.69. The Morgan fingerprint density at radius 3 is 2.32 bits per heavy atom. The van der Waals surface area contributed by atoms with E-state index in [2.05, 4.69) is 68.1 Å². The summed E-state index contributed by atoms with van der Waals surface area (Å²) in [4.78, 5) is 12.5. The molecule has 222 valence electrons. The predicted molar refractivity (Wildman–Crippen MR) is 162 cm³/mol. The van der Waals surface area contributed by atoms with Gasteiger partial charge >= 0.3 is 0 Å². The van der Waals surface area contributed by atoms with Crippen LogP contribution >= 0.6 is 23.2 Å². The van der Waals surface area contributed by atoms with E-state index in [4.69, 9.17) is 32.8 Å². The molecule has 0 saturated carbocycles. The number of nitrogens with zero attached hydrogens (tertiary/aromatic N) is 3. The highest BCUT2D eigenvalue weighted by atomic mass is 35.5. The number of halogens is 2. The van der Waals surface area contributed by atoms with Gasteiger partial charge in [-0.15, -0.1) is 5.54 Å². The molecule has 0 radical (unpaired) electrons. The monoisotopic (exact) mass is 620 g/mol. The van der Waals surface area contributed by atoms with E-state index in [9.17, 15) is 15.3 Å². The Morgan fingerprint density at radius 1 is 1.07 bits per heavy atom. The summed E-state index contributed by atoms with van der Waals surface area (Å²) in [7, 11) is -0.649. The van der Waals surface area contributed by atoms with Gasteiger partial charge in [0.25, 0.3) is 0 Å². The summed E-state index contributed by atoms with van der Waals surface area (Å²) in [5, 5.41) is 38.5. The van der Waals surface area contributed by atoms with E-state index in [-0.39, 0.29) is 5.02 Å². The molecular weight excluding hydrogens is 583 g/mol. The highest BCUT2D eigenvalue weighted by molar-refractivity contribution is 6.90. The molecule has 3 aromatic rings. The Balaban J connectivity index is 1.84. The molecule has 9 nitrogen and oxygen atoms in total. The minimum Gasteiger partial charge on any atom is -0.397 e. The van der Waals surface area contributed by atoms with Crippen molar-refractivity contribution in [2.24, 2.45) is 5.16 Å². The molecule has 41 heavy (non-hydrogen) atoms. The lowest BCUT2D eigenvalue weighted by Crippen LogP contribution is -2.43. The van der Waals surface area contributed by atoms with Crippen LogP contribution in [0.4, 0.5) is 0 Å². The summed E-state index contributed by atoms with van der Waals surface area (Å²) >= 11 is 12.2. The number of ether oxygens (including phenoxy) is 1. The van der Waals surface area contributed by atoms with Crippen molar-refractivity contribution in [3.63, 3.8) is 0 Å². The van der Waals surface area contributed by atoms with Crippen LogP contribution < -0.4 is 5.49 Å². The maximum Gasteiger partial charge on any atom is 0.205 e. The molecule has 0 spiro atoms. The summed E-state index contributed by atoms with van der Waals surface area (Å²) < 4.78 is 7.80. The van der Waals surface area contributed by atoms with E-state index in [1.807, 2.05) is 0 Å². The molecule has 4 N–H and O–H groups in total. The topological polar surface area (TPSA) is 125 Å². The van der Waals surface area contributed by atoms with Gasteiger partial charge in [0.2, 0.25) is 5.49 Å². The molecule has 4 rings (SSSR count). The van der Waals surface area contributed by atoms with Crippen LogP contribution in [-0.4, -0.2) is 63.4 Å². The van der Waals surface area contributed by atoms with Crippen LogP contribution in [0.1, 0.15) is 65.0 Å². The van der Waals surface area contributed by atoms with Gasteiger partial charge < -0.3 is 34.4 Å². The molecule has 2 aromatic heterocycles. The molecule has 5 atom stereocenters. The van der Waals surface area contributed by atoms with Crippen LogP contribution in [0, 0.1) is 11.5 Å². The molecule has 0 unspecified atom stereocenters. The first kappa shape index (κ1) is 31.6. The number of aliphatic hydroxyl groups is 3. The number of fused-ring (bicyclic) bond motifs is 1. The van der Waals surface area contributed by atoms with Crippen LogP contribution in [0.15, 0.2) is 35.9 Å². The lowest BCUT2D eigenvalue weighted by molar-refractivity contribution is -0.0848. The van der Waals surface area contributed by atoms with Gasteiger partial charge in [-0.25, -0.2) is 4.98 Å². The minimum absolute atomic E-state index is 0.257. The largest absolute Gasteiger partial charge is 0.397 e. The summed E-state index contributed by atoms with van der Waals surface area (Å²) in [6, 6.07) is 4.66. The van der Waals surface area contributed by atoms with Crippen molar-refractivity contribution < 1.29 is 24.9 Å². The van der Waals surface area contributed by atoms with Crippen molar-refractivity contribution in [2.75, 3.05) is 7.11 Å². The maximum atomic E-state index is 11.1. The zero-order valence-corrected chi connectivity index (χ0v) is 26.8. The molecule has 0 amide bonds. The first-order chi connectivity index (χ1) is 19.3. The zero-order chi connectivity index (χ0) is 30.2. The van der Waals surface area contributed by atoms with Crippen molar-refractivity contribution in [2.45, 2.75) is 88.8 Å². The number of aliphatic hydroxyl groups excluding tert-OH is 3. The average Bonchev–Trinajstić information content (AvgIpc) is 3.42. The molecular formula is C29H38Cl2N4O5Si. The Labute approximate surface area is 251 Å². The summed E-state index contributed by atoms with van der Waals surface area (Å²) in [6.45, 7) is 13.5. The molecule has 1 aromatic carbocycles. The number of rotatable bonds is 7. The predicted octanol–water partition coefficient (Wildman–Crippen LogP) is 5.06. The van der Waals surface area contributed by atoms with Crippen molar-refractivity contribution in [1.29, 1.82) is 0 Å². The Bertz CT molecular complexity index is 1510. The second-order valence-electron chi connectivity index (χ2n) is 11.4. The first-order valence-corrected chi connectivity index (χ1v) is 16.7. The third-order valence-corrected chi connectivity index (χ3v) is 15.3. The van der Waals surface area contributed by atoms with Gasteiger partial charge in [0.1, 0.15) is 45.2 Å². The third-order valence-electron chi connectivity index (χ3n) is 8.25. The van der Waals surface area contributed by atoms with Crippen molar-refractivity contribution in [3.8, 4) is 11.5 Å². The fourth-order valence-electron chi connectivity index (χ4n) is 6.24. The highest BCUT2D eigenvalue weighted by Crippen LogP contribution is 2.42. The number of nitrogens with one attached hydrogen (secondary N) is 1. The second-order valence-corrected chi connectivity index (χ2v) is 17.8. The van der Waals surface area contributed by atoms with Crippen LogP contribution in [0.25, 0.3) is 11.0 Å². The SMILES string of the molecule is CO/N=c1\nc[nH]c2c1c(C#C[Si](C(C)C)(C(C)C)C(C)C)cn2[C@@H]1O[C@H]([C@H](O)c2ccc(Cl)c(Cl)c2)[C@@H](O)[C@H]1O. The zero-order valence-electron chi connectivity index (χ0n) is 24.3. The summed E-state index contributed by atoms with van der Waals surface area (Å²) in [5.41, 5.74) is 6.87. The quantitative estimate of drug-likeness (QED) is 0.166. The lowest BCUT2D eigenvalue weighted by Gasteiger charge is -2.38. The molecule has 1 fully saturated rings. The standard InChI is InChI=1S/C29H38Cl2N4O5Si/c1-15(2)41(16(3)4,17(5)6)11-10-19-13-35(28-22(19)27(34-39-7)32-14-33-28)29-25(38)24(37)26(40-29)23(36)18-8-9-20(30)21(31)12-18/h8-9,12-17,23-26,29,36-38H,1-7H3,(H,32,33,34)/t23-,24+,25-,26-,29-/m1/s1. The molecule has 0 aliphatic carbocycles. The molecule has 3 heterocycles. The van der Waals surface area contributed by atoms with Crippen LogP contribution in [0.2, 0.25) is 26.7 Å². The maximum absolute atomic E-state index is 11.1. The minimum atomic E-state index is -2.09. The van der Waals surface area contributed by atoms with E-state index in [0.717, 1.165) is 0 Å². The second kappa shape index (κ2) is 12.5. The fraction of sp³-hybridized carbons (Fsp3) is 0.517. The lowest BCUT2D eigenvalue weighted by atomic mass is 9.99. The van der Waals surface area contributed by atoms with E-state index in [1.165, 1.54) is 19.5 Å². The van der Waals surface area contributed by atoms with Crippen LogP contribution in [0.3, 0.4) is 0 Å². The van der Waals surface area contributed by atoms with E-state index >= 15 is 0 Å². The van der Waals surface area contributed by atoms with E-state index in [0.29, 0.717) is 49.3 Å². The normalized spacial score (nSPS) is 22.6. The van der Waals surface area contributed by atoms with Gasteiger partial charge in [0, 0.05) is 6.20 Å². The van der Waals surface area contributed by atoms with Crippen molar-refractivity contribution in [1.82, 2.24) is 14.5 Å². The molecule has 1 aliphatic rings. The van der Waals surface area contributed by atoms with Gasteiger partial charge in [0.05, 0.1) is 27.3 Å². The molecule has 1 aliphatic heterocycles. The van der Waals surface area contributed by atoms with Crippen LogP contribution in [0.5, 0.6) is 0 Å².